The predicted octanol–water partition coefficient (Wildman–Crippen LogP) is 2.71. The highest BCUT2D eigenvalue weighted by atomic mass is 15.3. The van der Waals surface area contributed by atoms with Gasteiger partial charge >= 0.3 is 0 Å². The molecule has 0 unspecified atom stereocenters. The summed E-state index contributed by atoms with van der Waals surface area (Å²) in [6, 6.07) is 9.05. The molecule has 2 nitrogen and oxygen atoms in total. The van der Waals surface area contributed by atoms with Gasteiger partial charge in [-0.25, -0.2) is 0 Å². The zero-order chi connectivity index (χ0) is 12.4. The van der Waals surface area contributed by atoms with Gasteiger partial charge in [0, 0.05) is 31.7 Å². The summed E-state index contributed by atoms with van der Waals surface area (Å²) in [7, 11) is 0. The Morgan fingerprint density at radius 1 is 1.17 bits per heavy atom. The van der Waals surface area contributed by atoms with Crippen LogP contribution in [0, 0.1) is 6.92 Å². The molecule has 18 heavy (non-hydrogen) atoms. The Morgan fingerprint density at radius 3 is 2.61 bits per heavy atom. The maximum atomic E-state index is 3.60. The standard InChI is InChI=1S/C16H24N2/c1-14-4-6-15(7-5-14)12-18-11-10-17-13-16(18)8-2-3-9-16/h4-7,17H,2-3,8-13H2,1H3. The Labute approximate surface area is 110 Å². The molecule has 1 aromatic carbocycles. The lowest BCUT2D eigenvalue weighted by atomic mass is 9.92. The fraction of sp³-hybridized carbons (Fsp3) is 0.625. The second kappa shape index (κ2) is 5.02. The van der Waals surface area contributed by atoms with Crippen LogP contribution in [0.15, 0.2) is 24.3 Å². The Hall–Kier alpha value is -0.860. The zero-order valence-corrected chi connectivity index (χ0v) is 11.4. The van der Waals surface area contributed by atoms with E-state index in [-0.39, 0.29) is 0 Å². The largest absolute Gasteiger partial charge is 0.314 e. The van der Waals surface area contributed by atoms with Crippen molar-refractivity contribution in [3.05, 3.63) is 35.4 Å². The van der Waals surface area contributed by atoms with Crippen molar-refractivity contribution < 1.29 is 0 Å². The molecule has 3 rings (SSSR count). The predicted molar refractivity (Wildman–Crippen MR) is 75.7 cm³/mol. The summed E-state index contributed by atoms with van der Waals surface area (Å²) in [4.78, 5) is 2.74. The molecule has 2 aliphatic rings. The van der Waals surface area contributed by atoms with Crippen LogP contribution in [0.5, 0.6) is 0 Å². The van der Waals surface area contributed by atoms with Gasteiger partial charge in [-0.2, -0.15) is 0 Å². The highest BCUT2D eigenvalue weighted by Crippen LogP contribution is 2.36. The number of piperazine rings is 1. The fourth-order valence-electron chi connectivity index (χ4n) is 3.57. The Morgan fingerprint density at radius 2 is 1.89 bits per heavy atom. The lowest BCUT2D eigenvalue weighted by Crippen LogP contribution is -2.59. The minimum Gasteiger partial charge on any atom is -0.314 e. The molecule has 2 heteroatoms. The van der Waals surface area contributed by atoms with Gasteiger partial charge in [0.1, 0.15) is 0 Å². The summed E-state index contributed by atoms with van der Waals surface area (Å²) in [6.45, 7) is 6.83. The number of benzene rings is 1. The van der Waals surface area contributed by atoms with Gasteiger partial charge in [0.25, 0.3) is 0 Å². The highest BCUT2D eigenvalue weighted by Gasteiger charge is 2.40. The summed E-state index contributed by atoms with van der Waals surface area (Å²) in [5.41, 5.74) is 3.28. The Bertz CT molecular complexity index is 390. The van der Waals surface area contributed by atoms with Gasteiger partial charge < -0.3 is 5.32 Å². The molecule has 1 spiro atoms. The number of rotatable bonds is 2. The maximum absolute atomic E-state index is 3.60. The van der Waals surface area contributed by atoms with Gasteiger partial charge in [0.2, 0.25) is 0 Å². The van der Waals surface area contributed by atoms with Crippen LogP contribution in [0.4, 0.5) is 0 Å². The molecule has 1 saturated carbocycles. The zero-order valence-electron chi connectivity index (χ0n) is 11.4. The molecule has 1 saturated heterocycles. The van der Waals surface area contributed by atoms with E-state index in [1.165, 1.54) is 49.9 Å². The van der Waals surface area contributed by atoms with E-state index in [0.717, 1.165) is 13.1 Å². The highest BCUT2D eigenvalue weighted by molar-refractivity contribution is 5.21. The number of nitrogens with one attached hydrogen (secondary N) is 1. The van der Waals surface area contributed by atoms with Gasteiger partial charge in [0.15, 0.2) is 0 Å². The van der Waals surface area contributed by atoms with Crippen LogP contribution >= 0.6 is 0 Å². The van der Waals surface area contributed by atoms with Gasteiger partial charge in [-0.15, -0.1) is 0 Å². The lowest BCUT2D eigenvalue weighted by molar-refractivity contribution is 0.0573. The molecule has 0 amide bonds. The first-order valence-electron chi connectivity index (χ1n) is 7.30. The van der Waals surface area contributed by atoms with Gasteiger partial charge in [-0.3, -0.25) is 4.90 Å². The Balaban J connectivity index is 1.75. The molecule has 2 fully saturated rings. The third kappa shape index (κ3) is 2.32. The van der Waals surface area contributed by atoms with E-state index < -0.39 is 0 Å². The van der Waals surface area contributed by atoms with Crippen molar-refractivity contribution in [2.75, 3.05) is 19.6 Å². The topological polar surface area (TPSA) is 15.3 Å². The smallest absolute Gasteiger partial charge is 0.0338 e. The van der Waals surface area contributed by atoms with Crippen LogP contribution < -0.4 is 5.32 Å². The van der Waals surface area contributed by atoms with Gasteiger partial charge in [0.05, 0.1) is 0 Å². The number of hydrogen-bond acceptors (Lipinski definition) is 2. The molecule has 0 radical (unpaired) electrons. The summed E-state index contributed by atoms with van der Waals surface area (Å²) < 4.78 is 0. The Kier molecular flexibility index (Phi) is 3.40. The molecule has 0 atom stereocenters. The van der Waals surface area contributed by atoms with Crippen LogP contribution in [0.25, 0.3) is 0 Å². The summed E-state index contributed by atoms with van der Waals surface area (Å²) in [6.07, 6.45) is 5.58. The second-order valence-corrected chi connectivity index (χ2v) is 6.02. The van der Waals surface area contributed by atoms with E-state index in [9.17, 15) is 0 Å². The van der Waals surface area contributed by atoms with E-state index in [2.05, 4.69) is 41.4 Å². The van der Waals surface area contributed by atoms with Gasteiger partial charge in [-0.05, 0) is 25.3 Å². The second-order valence-electron chi connectivity index (χ2n) is 6.02. The van der Waals surface area contributed by atoms with Crippen LogP contribution in [0.1, 0.15) is 36.8 Å². The van der Waals surface area contributed by atoms with E-state index in [1.54, 1.807) is 0 Å². The van der Waals surface area contributed by atoms with E-state index in [4.69, 9.17) is 0 Å². The molecule has 98 valence electrons. The van der Waals surface area contributed by atoms with Crippen molar-refractivity contribution in [1.82, 2.24) is 10.2 Å². The van der Waals surface area contributed by atoms with Crippen molar-refractivity contribution >= 4 is 0 Å². The molecule has 1 aromatic rings. The first kappa shape index (κ1) is 12.2. The summed E-state index contributed by atoms with van der Waals surface area (Å²) >= 11 is 0. The van der Waals surface area contributed by atoms with Gasteiger partial charge in [-0.1, -0.05) is 42.7 Å². The minimum atomic E-state index is 0.461. The molecule has 1 N–H and O–H groups in total. The van der Waals surface area contributed by atoms with Crippen molar-refractivity contribution in [3.63, 3.8) is 0 Å². The third-order valence-electron chi connectivity index (χ3n) is 4.71. The SMILES string of the molecule is Cc1ccc(CN2CCNCC23CCCC3)cc1. The average molecular weight is 244 g/mol. The minimum absolute atomic E-state index is 0.461. The van der Waals surface area contributed by atoms with Crippen LogP contribution in [-0.4, -0.2) is 30.1 Å². The molecular weight excluding hydrogens is 220 g/mol. The van der Waals surface area contributed by atoms with Crippen molar-refractivity contribution in [2.24, 2.45) is 0 Å². The van der Waals surface area contributed by atoms with Crippen LogP contribution in [-0.2, 0) is 6.54 Å². The quantitative estimate of drug-likeness (QED) is 0.860. The van der Waals surface area contributed by atoms with Crippen molar-refractivity contribution in [1.29, 1.82) is 0 Å². The monoisotopic (exact) mass is 244 g/mol. The van der Waals surface area contributed by atoms with Crippen molar-refractivity contribution in [2.45, 2.75) is 44.7 Å². The number of nitrogens with zero attached hydrogens (tertiary/aromatic N) is 1. The molecule has 1 heterocycles. The number of hydrogen-bond donors (Lipinski definition) is 1. The molecule has 1 aliphatic heterocycles. The normalized spacial score (nSPS) is 23.6. The van der Waals surface area contributed by atoms with Crippen LogP contribution in [0.2, 0.25) is 0 Å². The first-order valence-corrected chi connectivity index (χ1v) is 7.30. The molecular formula is C16H24N2. The summed E-state index contributed by atoms with van der Waals surface area (Å²) in [5, 5.41) is 3.60. The molecule has 1 aliphatic carbocycles. The number of aryl methyl sites for hydroxylation is 1. The molecule has 0 bridgehead atoms. The molecule has 0 aromatic heterocycles. The maximum Gasteiger partial charge on any atom is 0.0338 e. The van der Waals surface area contributed by atoms with E-state index in [0.29, 0.717) is 5.54 Å². The van der Waals surface area contributed by atoms with Crippen molar-refractivity contribution in [3.8, 4) is 0 Å². The van der Waals surface area contributed by atoms with E-state index >= 15 is 0 Å². The summed E-state index contributed by atoms with van der Waals surface area (Å²) in [5.74, 6) is 0. The first-order chi connectivity index (χ1) is 8.78. The average Bonchev–Trinajstić information content (AvgIpc) is 2.84. The van der Waals surface area contributed by atoms with E-state index in [1.807, 2.05) is 0 Å². The third-order valence-corrected chi connectivity index (χ3v) is 4.71. The lowest BCUT2D eigenvalue weighted by Gasteiger charge is -2.45. The van der Waals surface area contributed by atoms with Crippen LogP contribution in [0.3, 0.4) is 0 Å². The fourth-order valence-corrected chi connectivity index (χ4v) is 3.57.